The molecule has 1 atom stereocenters. The Kier molecular flexibility index (Phi) is 5.46. The molecule has 6 nitrogen and oxygen atoms in total. The van der Waals surface area contributed by atoms with Gasteiger partial charge in [0.1, 0.15) is 17.8 Å². The van der Waals surface area contributed by atoms with Crippen molar-refractivity contribution in [3.05, 3.63) is 77.0 Å². The molecule has 2 aromatic heterocycles. The van der Waals surface area contributed by atoms with E-state index in [1.54, 1.807) is 6.07 Å². The highest BCUT2D eigenvalue weighted by atomic mass is 19.4. The van der Waals surface area contributed by atoms with E-state index in [9.17, 15) is 13.2 Å². The minimum absolute atomic E-state index is 0.300. The van der Waals surface area contributed by atoms with Gasteiger partial charge in [-0.3, -0.25) is 4.98 Å². The van der Waals surface area contributed by atoms with Crippen molar-refractivity contribution in [2.45, 2.75) is 32.1 Å². The summed E-state index contributed by atoms with van der Waals surface area (Å²) in [5.41, 5.74) is 3.10. The Balaban J connectivity index is 1.55. The van der Waals surface area contributed by atoms with Crippen LogP contribution in [0.25, 0.3) is 0 Å². The van der Waals surface area contributed by atoms with E-state index in [1.807, 2.05) is 25.1 Å². The van der Waals surface area contributed by atoms with Crippen molar-refractivity contribution in [1.82, 2.24) is 15.0 Å². The molecule has 0 amide bonds. The molecule has 4 rings (SSSR count). The molecule has 31 heavy (non-hydrogen) atoms. The highest BCUT2D eigenvalue weighted by Gasteiger charge is 2.32. The Hall–Kier alpha value is -3.67. The Bertz CT molecular complexity index is 1120. The van der Waals surface area contributed by atoms with Crippen molar-refractivity contribution >= 4 is 11.5 Å². The molecule has 3 heterocycles. The molecule has 158 valence electrons. The fourth-order valence-corrected chi connectivity index (χ4v) is 3.58. The van der Waals surface area contributed by atoms with Gasteiger partial charge in [-0.05, 0) is 36.8 Å². The number of nitrogens with one attached hydrogen (secondary N) is 1. The van der Waals surface area contributed by atoms with E-state index in [0.717, 1.165) is 36.0 Å². The summed E-state index contributed by atoms with van der Waals surface area (Å²) >= 11 is 0. The van der Waals surface area contributed by atoms with Gasteiger partial charge in [-0.2, -0.15) is 18.4 Å². The number of fused-ring (bicyclic) bond motifs is 1. The lowest BCUT2D eigenvalue weighted by Gasteiger charge is -2.31. The molecule has 0 saturated heterocycles. The van der Waals surface area contributed by atoms with Crippen LogP contribution in [0.2, 0.25) is 0 Å². The summed E-state index contributed by atoms with van der Waals surface area (Å²) in [5, 5.41) is 12.5. The summed E-state index contributed by atoms with van der Waals surface area (Å²) in [4.78, 5) is 14.5. The summed E-state index contributed by atoms with van der Waals surface area (Å²) in [6.45, 7) is 3.16. The molecule has 0 spiro atoms. The van der Waals surface area contributed by atoms with Crippen LogP contribution in [0.1, 0.15) is 41.0 Å². The van der Waals surface area contributed by atoms with E-state index in [-0.39, 0.29) is 6.04 Å². The van der Waals surface area contributed by atoms with E-state index >= 15 is 0 Å². The van der Waals surface area contributed by atoms with E-state index in [4.69, 9.17) is 5.26 Å². The van der Waals surface area contributed by atoms with Gasteiger partial charge in [0.25, 0.3) is 0 Å². The molecule has 1 N–H and O–H groups in total. The van der Waals surface area contributed by atoms with Crippen molar-refractivity contribution in [2.24, 2.45) is 0 Å². The number of hydrogen-bond acceptors (Lipinski definition) is 6. The molecule has 1 aliphatic heterocycles. The fourth-order valence-electron chi connectivity index (χ4n) is 3.58. The first kappa shape index (κ1) is 20.6. The van der Waals surface area contributed by atoms with Crippen LogP contribution < -0.4 is 10.2 Å². The number of halogens is 3. The van der Waals surface area contributed by atoms with Crippen LogP contribution in [0, 0.1) is 11.3 Å². The molecule has 0 aliphatic carbocycles. The third-order valence-electron chi connectivity index (χ3n) is 5.27. The minimum Gasteiger partial charge on any atom is -0.367 e. The summed E-state index contributed by atoms with van der Waals surface area (Å²) < 4.78 is 38.3. The molecule has 0 fully saturated rings. The number of pyridine rings is 1. The first-order valence-corrected chi connectivity index (χ1v) is 9.72. The molecule has 9 heteroatoms. The average molecular weight is 424 g/mol. The van der Waals surface area contributed by atoms with Crippen LogP contribution in [0.15, 0.2) is 48.9 Å². The van der Waals surface area contributed by atoms with E-state index in [1.165, 1.54) is 18.6 Å². The Morgan fingerprint density at radius 2 is 2.00 bits per heavy atom. The molecule has 1 aliphatic rings. The van der Waals surface area contributed by atoms with Crippen molar-refractivity contribution in [3.8, 4) is 6.07 Å². The maximum Gasteiger partial charge on any atom is 0.433 e. The maximum atomic E-state index is 12.8. The van der Waals surface area contributed by atoms with Gasteiger partial charge in [-0.25, -0.2) is 9.97 Å². The summed E-state index contributed by atoms with van der Waals surface area (Å²) in [7, 11) is 0. The maximum absolute atomic E-state index is 12.8. The highest BCUT2D eigenvalue weighted by Crippen LogP contribution is 2.31. The van der Waals surface area contributed by atoms with Gasteiger partial charge in [-0.15, -0.1) is 0 Å². The van der Waals surface area contributed by atoms with Crippen LogP contribution in [0.3, 0.4) is 0 Å². The molecule has 0 radical (unpaired) electrons. The number of nitrogens with zero attached hydrogens (tertiary/aromatic N) is 5. The van der Waals surface area contributed by atoms with Crippen LogP contribution in [-0.4, -0.2) is 21.5 Å². The summed E-state index contributed by atoms with van der Waals surface area (Å²) in [6.07, 6.45) is -1.02. The smallest absolute Gasteiger partial charge is 0.367 e. The van der Waals surface area contributed by atoms with Gasteiger partial charge < -0.3 is 10.2 Å². The van der Waals surface area contributed by atoms with Crippen LogP contribution >= 0.6 is 0 Å². The number of rotatable bonds is 4. The van der Waals surface area contributed by atoms with Gasteiger partial charge in [0.15, 0.2) is 0 Å². The van der Waals surface area contributed by atoms with E-state index < -0.39 is 11.9 Å². The normalized spacial score (nSPS) is 14.5. The van der Waals surface area contributed by atoms with Crippen molar-refractivity contribution in [2.75, 3.05) is 16.8 Å². The lowest BCUT2D eigenvalue weighted by Crippen LogP contribution is -2.32. The van der Waals surface area contributed by atoms with Crippen molar-refractivity contribution < 1.29 is 13.2 Å². The Labute approximate surface area is 177 Å². The Morgan fingerprint density at radius 3 is 2.71 bits per heavy atom. The number of alkyl halides is 3. The predicted molar refractivity (Wildman–Crippen MR) is 109 cm³/mol. The first-order chi connectivity index (χ1) is 14.8. The second-order valence-corrected chi connectivity index (χ2v) is 7.32. The molecular weight excluding hydrogens is 405 g/mol. The molecule has 0 saturated carbocycles. The largest absolute Gasteiger partial charge is 0.433 e. The second kappa shape index (κ2) is 8.22. The lowest BCUT2D eigenvalue weighted by molar-refractivity contribution is -0.141. The van der Waals surface area contributed by atoms with Gasteiger partial charge >= 0.3 is 6.18 Å². The van der Waals surface area contributed by atoms with Gasteiger partial charge in [-0.1, -0.05) is 12.1 Å². The van der Waals surface area contributed by atoms with E-state index in [2.05, 4.69) is 31.2 Å². The molecule has 3 aromatic rings. The topological polar surface area (TPSA) is 77.7 Å². The molecular formula is C22H19F3N6. The molecule has 1 aromatic carbocycles. The van der Waals surface area contributed by atoms with Gasteiger partial charge in [0.05, 0.1) is 23.4 Å². The first-order valence-electron chi connectivity index (χ1n) is 9.72. The molecule has 0 bridgehead atoms. The van der Waals surface area contributed by atoms with Crippen molar-refractivity contribution in [3.63, 3.8) is 0 Å². The zero-order valence-electron chi connectivity index (χ0n) is 16.7. The fraction of sp³-hybridized carbons (Fsp3) is 0.273. The quantitative estimate of drug-likeness (QED) is 0.665. The lowest BCUT2D eigenvalue weighted by atomic mass is 10.0. The second-order valence-electron chi connectivity index (χ2n) is 7.32. The van der Waals surface area contributed by atoms with Gasteiger partial charge in [0, 0.05) is 37.0 Å². The minimum atomic E-state index is -4.47. The van der Waals surface area contributed by atoms with Crippen molar-refractivity contribution in [1.29, 1.82) is 5.26 Å². The third kappa shape index (κ3) is 4.43. The number of aromatic nitrogens is 3. The Morgan fingerprint density at radius 1 is 1.16 bits per heavy atom. The third-order valence-corrected chi connectivity index (χ3v) is 5.27. The van der Waals surface area contributed by atoms with E-state index in [0.29, 0.717) is 23.5 Å². The standard InChI is InChI=1S/C22H19F3N6/c1-14(16-5-6-20(27-11-16)22(23,24)25)30-21-18-12-31(8-7-19(18)28-13-29-21)17-4-2-3-15(9-17)10-26/h2-6,9,11,13-14H,7-8,12H2,1H3,(H,28,29,30)/t14-/m1/s1. The zero-order chi connectivity index (χ0) is 22.0. The summed E-state index contributed by atoms with van der Waals surface area (Å²) in [6, 6.07) is 11.7. The number of benzene rings is 1. The highest BCUT2D eigenvalue weighted by molar-refractivity contribution is 5.57. The van der Waals surface area contributed by atoms with Crippen LogP contribution in [-0.2, 0) is 19.1 Å². The molecule has 0 unspecified atom stereocenters. The number of anilines is 2. The number of nitriles is 1. The van der Waals surface area contributed by atoms with Crippen LogP contribution in [0.5, 0.6) is 0 Å². The SMILES string of the molecule is C[C@@H](Nc1ncnc2c1CN(c1cccc(C#N)c1)CC2)c1ccc(C(F)(F)F)nc1. The number of hydrogen-bond donors (Lipinski definition) is 1. The average Bonchev–Trinajstić information content (AvgIpc) is 2.78. The zero-order valence-corrected chi connectivity index (χ0v) is 16.7. The van der Waals surface area contributed by atoms with Gasteiger partial charge in [0.2, 0.25) is 0 Å². The summed E-state index contributed by atoms with van der Waals surface area (Å²) in [5.74, 6) is 0.638. The monoisotopic (exact) mass is 424 g/mol. The van der Waals surface area contributed by atoms with Crippen LogP contribution in [0.4, 0.5) is 24.7 Å². The predicted octanol–water partition coefficient (Wildman–Crippen LogP) is 4.50.